The molecule has 0 saturated carbocycles. The summed E-state index contributed by atoms with van der Waals surface area (Å²) in [5.74, 6) is 0.166. The molecule has 0 unspecified atom stereocenters. The maximum absolute atomic E-state index is 12.6. The van der Waals surface area contributed by atoms with Crippen LogP contribution in [0.1, 0.15) is 28.9 Å². The molecule has 1 aromatic carbocycles. The molecular formula is C19H30Cl2N4O. The van der Waals surface area contributed by atoms with E-state index in [9.17, 15) is 4.79 Å². The van der Waals surface area contributed by atoms with Gasteiger partial charge in [0.15, 0.2) is 0 Å². The second kappa shape index (κ2) is 11.9. The number of aryl methyl sites for hydroxylation is 2. The number of rotatable bonds is 8. The van der Waals surface area contributed by atoms with Crippen LogP contribution in [0, 0.1) is 13.8 Å². The van der Waals surface area contributed by atoms with E-state index in [4.69, 9.17) is 5.73 Å². The van der Waals surface area contributed by atoms with Crippen LogP contribution < -0.4 is 5.73 Å². The topological polar surface area (TPSA) is 64.2 Å². The largest absolute Gasteiger partial charge is 0.341 e. The van der Waals surface area contributed by atoms with Gasteiger partial charge in [0.25, 0.3) is 0 Å². The molecule has 0 spiro atoms. The molecule has 26 heavy (non-hydrogen) atoms. The van der Waals surface area contributed by atoms with Gasteiger partial charge in [-0.1, -0.05) is 30.3 Å². The number of nitrogens with zero attached hydrogens (tertiary/aromatic N) is 3. The van der Waals surface area contributed by atoms with Crippen molar-refractivity contribution in [3.63, 3.8) is 0 Å². The lowest BCUT2D eigenvalue weighted by Crippen LogP contribution is -2.37. The van der Waals surface area contributed by atoms with Crippen molar-refractivity contribution in [1.29, 1.82) is 0 Å². The fourth-order valence-electron chi connectivity index (χ4n) is 3.00. The molecular weight excluding hydrogens is 371 g/mol. The second-order valence-electron chi connectivity index (χ2n) is 6.18. The first-order chi connectivity index (χ1) is 11.5. The molecule has 2 N–H and O–H groups in total. The molecule has 0 fully saturated rings. The van der Waals surface area contributed by atoms with Gasteiger partial charge in [0.1, 0.15) is 0 Å². The average Bonchev–Trinajstić information content (AvgIpc) is 2.82. The number of hydrogen-bond acceptors (Lipinski definition) is 3. The van der Waals surface area contributed by atoms with E-state index in [1.54, 1.807) is 0 Å². The number of aromatic nitrogens is 2. The zero-order valence-corrected chi connectivity index (χ0v) is 17.4. The zero-order chi connectivity index (χ0) is 17.5. The molecule has 1 aromatic heterocycles. The Labute approximate surface area is 168 Å². The highest BCUT2D eigenvalue weighted by Gasteiger charge is 2.16. The van der Waals surface area contributed by atoms with Gasteiger partial charge < -0.3 is 10.6 Å². The summed E-state index contributed by atoms with van der Waals surface area (Å²) in [5, 5.41) is 4.42. The van der Waals surface area contributed by atoms with Gasteiger partial charge in [-0.15, -0.1) is 24.8 Å². The van der Waals surface area contributed by atoms with Crippen molar-refractivity contribution in [3.05, 3.63) is 52.8 Å². The first-order valence-electron chi connectivity index (χ1n) is 8.53. The molecule has 2 aromatic rings. The third-order valence-corrected chi connectivity index (χ3v) is 4.51. The van der Waals surface area contributed by atoms with Gasteiger partial charge in [-0.25, -0.2) is 0 Å². The van der Waals surface area contributed by atoms with Crippen LogP contribution in [0.25, 0.3) is 0 Å². The smallest absolute Gasteiger partial charge is 0.222 e. The Kier molecular flexibility index (Phi) is 11.2. The van der Waals surface area contributed by atoms with Crippen LogP contribution in [-0.4, -0.2) is 40.2 Å². The summed E-state index contributed by atoms with van der Waals surface area (Å²) in [5.41, 5.74) is 10.3. The lowest BCUT2D eigenvalue weighted by Gasteiger charge is -2.22. The van der Waals surface area contributed by atoms with E-state index in [1.165, 1.54) is 11.1 Å². The lowest BCUT2D eigenvalue weighted by atomic mass is 10.1. The molecule has 0 atom stereocenters. The van der Waals surface area contributed by atoms with E-state index in [0.29, 0.717) is 26.1 Å². The summed E-state index contributed by atoms with van der Waals surface area (Å²) in [6.45, 7) is 5.86. The van der Waals surface area contributed by atoms with E-state index in [0.717, 1.165) is 24.2 Å². The minimum Gasteiger partial charge on any atom is -0.341 e. The predicted octanol–water partition coefficient (Wildman–Crippen LogP) is 2.84. The Morgan fingerprint density at radius 3 is 2.31 bits per heavy atom. The normalized spacial score (nSPS) is 10.0. The number of amides is 1. The molecule has 5 nitrogen and oxygen atoms in total. The Balaban J connectivity index is 0.00000312. The van der Waals surface area contributed by atoms with Gasteiger partial charge in [0.05, 0.1) is 5.69 Å². The Hall–Kier alpha value is -1.56. The first-order valence-corrected chi connectivity index (χ1v) is 8.53. The molecule has 0 radical (unpaired) electrons. The van der Waals surface area contributed by atoms with Gasteiger partial charge >= 0.3 is 0 Å². The highest BCUT2D eigenvalue weighted by molar-refractivity contribution is 5.85. The van der Waals surface area contributed by atoms with Crippen molar-refractivity contribution < 1.29 is 4.79 Å². The standard InChI is InChI=1S/C19H28N4O.2ClH/c1-15-18(16(2)22(3)21-15)9-10-19(24)23(14-12-20)13-11-17-7-5-4-6-8-17;;/h4-8H,9-14,20H2,1-3H3;2*1H. The highest BCUT2D eigenvalue weighted by atomic mass is 35.5. The molecule has 146 valence electrons. The average molecular weight is 401 g/mol. The maximum atomic E-state index is 12.6. The number of benzene rings is 1. The predicted molar refractivity (Wildman–Crippen MR) is 111 cm³/mol. The summed E-state index contributed by atoms with van der Waals surface area (Å²) in [7, 11) is 1.94. The van der Waals surface area contributed by atoms with E-state index in [-0.39, 0.29) is 30.7 Å². The molecule has 2 rings (SSSR count). The molecule has 1 amide bonds. The summed E-state index contributed by atoms with van der Waals surface area (Å²) in [6, 6.07) is 10.2. The third-order valence-electron chi connectivity index (χ3n) is 4.51. The van der Waals surface area contributed by atoms with Gasteiger partial charge in [-0.3, -0.25) is 9.48 Å². The summed E-state index contributed by atoms with van der Waals surface area (Å²) in [6.07, 6.45) is 2.09. The van der Waals surface area contributed by atoms with E-state index in [2.05, 4.69) is 17.2 Å². The van der Waals surface area contributed by atoms with Crippen molar-refractivity contribution >= 4 is 30.7 Å². The van der Waals surface area contributed by atoms with Gasteiger partial charge in [-0.05, 0) is 37.8 Å². The van der Waals surface area contributed by atoms with Crippen molar-refractivity contribution in [2.24, 2.45) is 12.8 Å². The van der Waals surface area contributed by atoms with Crippen LogP contribution in [0.5, 0.6) is 0 Å². The summed E-state index contributed by atoms with van der Waals surface area (Å²) in [4.78, 5) is 14.5. The quantitative estimate of drug-likeness (QED) is 0.740. The molecule has 7 heteroatoms. The monoisotopic (exact) mass is 400 g/mol. The molecule has 0 aliphatic carbocycles. The highest BCUT2D eigenvalue weighted by Crippen LogP contribution is 2.15. The second-order valence-corrected chi connectivity index (χ2v) is 6.18. The molecule has 1 heterocycles. The van der Waals surface area contributed by atoms with Crippen molar-refractivity contribution in [3.8, 4) is 0 Å². The van der Waals surface area contributed by atoms with E-state index in [1.807, 2.05) is 48.7 Å². The van der Waals surface area contributed by atoms with Gasteiger partial charge in [-0.2, -0.15) is 5.10 Å². The summed E-state index contributed by atoms with van der Waals surface area (Å²) >= 11 is 0. The Morgan fingerprint density at radius 2 is 1.77 bits per heavy atom. The Bertz CT molecular complexity index is 674. The zero-order valence-electron chi connectivity index (χ0n) is 15.8. The molecule has 0 saturated heterocycles. The van der Waals surface area contributed by atoms with Crippen LogP contribution in [0.15, 0.2) is 30.3 Å². The number of halogens is 2. The van der Waals surface area contributed by atoms with Crippen LogP contribution in [0.4, 0.5) is 0 Å². The minimum atomic E-state index is 0. The third kappa shape index (κ3) is 6.63. The number of carbonyl (C=O) groups is 1. The lowest BCUT2D eigenvalue weighted by molar-refractivity contribution is -0.131. The van der Waals surface area contributed by atoms with Crippen LogP contribution in [0.2, 0.25) is 0 Å². The van der Waals surface area contributed by atoms with Gasteiger partial charge in [0, 0.05) is 38.8 Å². The maximum Gasteiger partial charge on any atom is 0.222 e. The van der Waals surface area contributed by atoms with Crippen LogP contribution >= 0.6 is 24.8 Å². The van der Waals surface area contributed by atoms with Crippen molar-refractivity contribution in [2.45, 2.75) is 33.1 Å². The van der Waals surface area contributed by atoms with Crippen LogP contribution in [0.3, 0.4) is 0 Å². The summed E-state index contributed by atoms with van der Waals surface area (Å²) < 4.78 is 1.88. The number of hydrogen-bond donors (Lipinski definition) is 1. The van der Waals surface area contributed by atoms with Gasteiger partial charge in [0.2, 0.25) is 5.91 Å². The van der Waals surface area contributed by atoms with Crippen LogP contribution in [-0.2, 0) is 24.7 Å². The van der Waals surface area contributed by atoms with Crippen molar-refractivity contribution in [1.82, 2.24) is 14.7 Å². The van der Waals surface area contributed by atoms with Crippen molar-refractivity contribution in [2.75, 3.05) is 19.6 Å². The molecule has 0 aliphatic rings. The Morgan fingerprint density at radius 1 is 1.12 bits per heavy atom. The SMILES string of the molecule is Cc1nn(C)c(C)c1CCC(=O)N(CCN)CCc1ccccc1.Cl.Cl. The molecule has 0 bridgehead atoms. The minimum absolute atomic E-state index is 0. The van der Waals surface area contributed by atoms with E-state index < -0.39 is 0 Å². The molecule has 0 aliphatic heterocycles. The fraction of sp³-hybridized carbons (Fsp3) is 0.474. The number of nitrogens with two attached hydrogens (primary N) is 1. The number of carbonyl (C=O) groups excluding carboxylic acids is 1. The first kappa shape index (κ1) is 24.4. The van der Waals surface area contributed by atoms with E-state index >= 15 is 0 Å². The fourth-order valence-corrected chi connectivity index (χ4v) is 3.00.